The minimum atomic E-state index is 0.116. The van der Waals surface area contributed by atoms with Crippen molar-refractivity contribution >= 4 is 11.6 Å². The van der Waals surface area contributed by atoms with Gasteiger partial charge in [-0.25, -0.2) is 0 Å². The second-order valence-electron chi connectivity index (χ2n) is 4.51. The summed E-state index contributed by atoms with van der Waals surface area (Å²) in [6, 6.07) is 7.60. The van der Waals surface area contributed by atoms with E-state index in [1.165, 1.54) is 0 Å². The topological polar surface area (TPSA) is 67.1 Å². The first-order valence-electron chi connectivity index (χ1n) is 6.08. The van der Waals surface area contributed by atoms with Crippen LogP contribution >= 0.6 is 0 Å². The number of anilines is 1. The number of carbonyl (C=O) groups is 1. The quantitative estimate of drug-likeness (QED) is 0.679. The van der Waals surface area contributed by atoms with Gasteiger partial charge in [0.1, 0.15) is 0 Å². The molecule has 1 atom stereocenters. The summed E-state index contributed by atoms with van der Waals surface area (Å²) >= 11 is 0. The highest BCUT2D eigenvalue weighted by molar-refractivity contribution is 5.79. The van der Waals surface area contributed by atoms with Crippen LogP contribution in [0.3, 0.4) is 0 Å². The van der Waals surface area contributed by atoms with Gasteiger partial charge in [-0.1, -0.05) is 12.1 Å². The van der Waals surface area contributed by atoms with E-state index in [4.69, 9.17) is 5.73 Å². The molecule has 1 aliphatic heterocycles. The standard InChI is InChI=1S/C13H19N3O/c14-12-5-1-3-10(7-12)8-16-13(17)11-4-2-6-15-9-11/h1,3,5,7,11,15H,2,4,6,8-9,14H2,(H,16,17). The summed E-state index contributed by atoms with van der Waals surface area (Å²) in [5.41, 5.74) is 7.46. The van der Waals surface area contributed by atoms with Crippen LogP contribution in [0.4, 0.5) is 5.69 Å². The molecule has 17 heavy (non-hydrogen) atoms. The van der Waals surface area contributed by atoms with Crippen LogP contribution in [0.1, 0.15) is 18.4 Å². The zero-order chi connectivity index (χ0) is 12.1. The van der Waals surface area contributed by atoms with Gasteiger partial charge >= 0.3 is 0 Å². The van der Waals surface area contributed by atoms with Crippen molar-refractivity contribution in [2.75, 3.05) is 18.8 Å². The maximum absolute atomic E-state index is 11.9. The van der Waals surface area contributed by atoms with Gasteiger partial charge in [0, 0.05) is 18.8 Å². The molecule has 0 bridgehead atoms. The highest BCUT2D eigenvalue weighted by Crippen LogP contribution is 2.11. The van der Waals surface area contributed by atoms with E-state index < -0.39 is 0 Å². The number of rotatable bonds is 3. The van der Waals surface area contributed by atoms with Gasteiger partial charge < -0.3 is 16.4 Å². The zero-order valence-electron chi connectivity index (χ0n) is 9.91. The van der Waals surface area contributed by atoms with Crippen LogP contribution in [0, 0.1) is 5.92 Å². The van der Waals surface area contributed by atoms with Crippen LogP contribution in [0.2, 0.25) is 0 Å². The fraction of sp³-hybridized carbons (Fsp3) is 0.462. The second kappa shape index (κ2) is 5.68. The van der Waals surface area contributed by atoms with Gasteiger partial charge in [0.05, 0.1) is 5.92 Å². The Morgan fingerprint density at radius 1 is 1.53 bits per heavy atom. The number of piperidine rings is 1. The van der Waals surface area contributed by atoms with Gasteiger partial charge in [0.25, 0.3) is 0 Å². The molecule has 0 aliphatic carbocycles. The molecule has 1 unspecified atom stereocenters. The lowest BCUT2D eigenvalue weighted by Gasteiger charge is -2.21. The molecular formula is C13H19N3O. The van der Waals surface area contributed by atoms with Crippen molar-refractivity contribution in [2.45, 2.75) is 19.4 Å². The highest BCUT2D eigenvalue weighted by atomic mass is 16.1. The van der Waals surface area contributed by atoms with Gasteiger partial charge in [-0.2, -0.15) is 0 Å². The van der Waals surface area contributed by atoms with Crippen molar-refractivity contribution in [1.29, 1.82) is 0 Å². The van der Waals surface area contributed by atoms with Gasteiger partial charge in [-0.3, -0.25) is 4.79 Å². The van der Waals surface area contributed by atoms with E-state index >= 15 is 0 Å². The minimum Gasteiger partial charge on any atom is -0.399 e. The molecule has 0 saturated carbocycles. The first kappa shape index (κ1) is 11.9. The number of nitrogens with two attached hydrogens (primary N) is 1. The Kier molecular flexibility index (Phi) is 3.98. The van der Waals surface area contributed by atoms with E-state index in [9.17, 15) is 4.79 Å². The smallest absolute Gasteiger partial charge is 0.224 e. The van der Waals surface area contributed by atoms with E-state index in [0.29, 0.717) is 6.54 Å². The van der Waals surface area contributed by atoms with Crippen molar-refractivity contribution in [2.24, 2.45) is 5.92 Å². The Balaban J connectivity index is 1.83. The summed E-state index contributed by atoms with van der Waals surface area (Å²) in [5, 5.41) is 6.20. The number of benzene rings is 1. The first-order chi connectivity index (χ1) is 8.25. The lowest BCUT2D eigenvalue weighted by Crippen LogP contribution is -2.40. The monoisotopic (exact) mass is 233 g/mol. The van der Waals surface area contributed by atoms with Crippen LogP contribution < -0.4 is 16.4 Å². The molecule has 92 valence electrons. The molecule has 1 aromatic carbocycles. The van der Waals surface area contributed by atoms with Gasteiger partial charge in [0.15, 0.2) is 0 Å². The summed E-state index contributed by atoms with van der Waals surface area (Å²) in [4.78, 5) is 11.9. The Bertz CT molecular complexity index is 386. The largest absolute Gasteiger partial charge is 0.399 e. The third kappa shape index (κ3) is 3.46. The molecule has 1 saturated heterocycles. The van der Waals surface area contributed by atoms with Crippen molar-refractivity contribution in [1.82, 2.24) is 10.6 Å². The predicted molar refractivity (Wildman–Crippen MR) is 68.3 cm³/mol. The number of nitrogens with one attached hydrogen (secondary N) is 2. The average Bonchev–Trinajstić information content (AvgIpc) is 2.37. The zero-order valence-corrected chi connectivity index (χ0v) is 9.91. The first-order valence-corrected chi connectivity index (χ1v) is 6.08. The number of nitrogen functional groups attached to an aromatic ring is 1. The molecule has 1 amide bonds. The number of hydrogen-bond donors (Lipinski definition) is 3. The molecule has 0 aromatic heterocycles. The van der Waals surface area contributed by atoms with Gasteiger partial charge in [-0.05, 0) is 37.1 Å². The number of amides is 1. The maximum Gasteiger partial charge on any atom is 0.224 e. The molecule has 4 heteroatoms. The fourth-order valence-corrected chi connectivity index (χ4v) is 2.11. The Morgan fingerprint density at radius 3 is 3.12 bits per heavy atom. The van der Waals surface area contributed by atoms with Crippen molar-refractivity contribution in [3.05, 3.63) is 29.8 Å². The Morgan fingerprint density at radius 2 is 2.41 bits per heavy atom. The van der Waals surface area contributed by atoms with Crippen LogP contribution in [-0.2, 0) is 11.3 Å². The maximum atomic E-state index is 11.9. The summed E-state index contributed by atoms with van der Waals surface area (Å²) in [5.74, 6) is 0.254. The minimum absolute atomic E-state index is 0.116. The third-order valence-electron chi connectivity index (χ3n) is 3.09. The summed E-state index contributed by atoms with van der Waals surface area (Å²) < 4.78 is 0. The molecule has 0 radical (unpaired) electrons. The average molecular weight is 233 g/mol. The molecule has 1 heterocycles. The number of carbonyl (C=O) groups excluding carboxylic acids is 1. The van der Waals surface area contributed by atoms with Crippen LogP contribution in [0.5, 0.6) is 0 Å². The lowest BCUT2D eigenvalue weighted by atomic mass is 9.99. The summed E-state index contributed by atoms with van der Waals surface area (Å²) in [6.07, 6.45) is 2.06. The molecule has 0 spiro atoms. The van der Waals surface area contributed by atoms with E-state index in [1.54, 1.807) is 0 Å². The van der Waals surface area contributed by atoms with E-state index in [1.807, 2.05) is 24.3 Å². The molecular weight excluding hydrogens is 214 g/mol. The Labute approximate surface area is 102 Å². The molecule has 4 nitrogen and oxygen atoms in total. The van der Waals surface area contributed by atoms with Gasteiger partial charge in [0.2, 0.25) is 5.91 Å². The highest BCUT2D eigenvalue weighted by Gasteiger charge is 2.20. The van der Waals surface area contributed by atoms with Crippen molar-refractivity contribution < 1.29 is 4.79 Å². The molecule has 1 aliphatic rings. The van der Waals surface area contributed by atoms with Crippen LogP contribution in [-0.4, -0.2) is 19.0 Å². The normalized spacial score (nSPS) is 19.9. The fourth-order valence-electron chi connectivity index (χ4n) is 2.11. The summed E-state index contributed by atoms with van der Waals surface area (Å²) in [6.45, 7) is 2.38. The predicted octanol–water partition coefficient (Wildman–Crippen LogP) is 0.885. The van der Waals surface area contributed by atoms with Crippen molar-refractivity contribution in [3.63, 3.8) is 0 Å². The van der Waals surface area contributed by atoms with Crippen molar-refractivity contribution in [3.8, 4) is 0 Å². The summed E-state index contributed by atoms with van der Waals surface area (Å²) in [7, 11) is 0. The van der Waals surface area contributed by atoms with E-state index in [-0.39, 0.29) is 11.8 Å². The van der Waals surface area contributed by atoms with Crippen LogP contribution in [0.25, 0.3) is 0 Å². The molecule has 4 N–H and O–H groups in total. The lowest BCUT2D eigenvalue weighted by molar-refractivity contribution is -0.125. The van der Waals surface area contributed by atoms with Gasteiger partial charge in [-0.15, -0.1) is 0 Å². The second-order valence-corrected chi connectivity index (χ2v) is 4.51. The Hall–Kier alpha value is -1.55. The molecule has 1 aromatic rings. The van der Waals surface area contributed by atoms with E-state index in [2.05, 4.69) is 10.6 Å². The van der Waals surface area contributed by atoms with E-state index in [0.717, 1.165) is 37.2 Å². The molecule has 2 rings (SSSR count). The number of hydrogen-bond acceptors (Lipinski definition) is 3. The van der Waals surface area contributed by atoms with Crippen LogP contribution in [0.15, 0.2) is 24.3 Å². The molecule has 1 fully saturated rings. The SMILES string of the molecule is Nc1cccc(CNC(=O)C2CCCNC2)c1. The third-order valence-corrected chi connectivity index (χ3v) is 3.09.